The van der Waals surface area contributed by atoms with E-state index in [0.717, 1.165) is 55.5 Å². The van der Waals surface area contributed by atoms with Crippen LogP contribution in [0, 0.1) is 11.7 Å². The van der Waals surface area contributed by atoms with E-state index in [1.807, 2.05) is 30.3 Å². The summed E-state index contributed by atoms with van der Waals surface area (Å²) >= 11 is 0. The number of benzene rings is 2. The molecule has 1 aromatic heterocycles. The molecule has 0 aliphatic carbocycles. The minimum Gasteiger partial charge on any atom is -0.388 e. The molecule has 3 N–H and O–H groups in total. The van der Waals surface area contributed by atoms with Crippen LogP contribution < -0.4 is 5.69 Å². The summed E-state index contributed by atoms with van der Waals surface area (Å²) < 4.78 is 13.0. The largest absolute Gasteiger partial charge is 0.388 e. The smallest absolute Gasteiger partial charge is 0.323 e. The molecule has 1 aliphatic heterocycles. The summed E-state index contributed by atoms with van der Waals surface area (Å²) in [6.07, 6.45) is 3.39. The predicted molar refractivity (Wildman–Crippen MR) is 108 cm³/mol. The third-order valence-corrected chi connectivity index (χ3v) is 5.79. The molecule has 4 rings (SSSR count). The minimum atomic E-state index is -0.542. The van der Waals surface area contributed by atoms with E-state index in [0.29, 0.717) is 12.3 Å². The number of nitrogens with zero attached hydrogens (tertiary/aromatic N) is 1. The molecule has 0 amide bonds. The number of piperidine rings is 1. The molecule has 0 spiro atoms. The van der Waals surface area contributed by atoms with Crippen LogP contribution in [0.15, 0.2) is 47.3 Å². The Kier molecular flexibility index (Phi) is 5.59. The second-order valence-corrected chi connectivity index (χ2v) is 7.80. The fraction of sp³-hybridized carbons (Fsp3) is 0.409. The summed E-state index contributed by atoms with van der Waals surface area (Å²) in [5, 5.41) is 10.5. The number of halogens is 1. The first-order chi connectivity index (χ1) is 13.6. The Morgan fingerprint density at radius 3 is 2.54 bits per heavy atom. The Bertz CT molecular complexity index is 971. The average Bonchev–Trinajstić information content (AvgIpc) is 3.08. The molecule has 1 aliphatic rings. The van der Waals surface area contributed by atoms with Crippen molar-refractivity contribution in [3.8, 4) is 0 Å². The number of aromatic nitrogens is 2. The van der Waals surface area contributed by atoms with Gasteiger partial charge in [0.05, 0.1) is 17.1 Å². The molecule has 0 radical (unpaired) electrons. The Hall–Kier alpha value is -2.44. The topological polar surface area (TPSA) is 72.1 Å². The summed E-state index contributed by atoms with van der Waals surface area (Å²) in [4.78, 5) is 19.2. The number of fused-ring (bicyclic) bond motifs is 1. The van der Waals surface area contributed by atoms with E-state index < -0.39 is 6.10 Å². The molecular weight excluding hydrogens is 357 g/mol. The van der Waals surface area contributed by atoms with Crippen molar-refractivity contribution in [1.82, 2.24) is 14.9 Å². The first kappa shape index (κ1) is 18.9. The Labute approximate surface area is 163 Å². The number of aliphatic hydroxyl groups is 1. The molecule has 5 nitrogen and oxygen atoms in total. The van der Waals surface area contributed by atoms with Crippen LogP contribution in [-0.4, -0.2) is 39.6 Å². The molecule has 1 atom stereocenters. The molecule has 28 heavy (non-hydrogen) atoms. The summed E-state index contributed by atoms with van der Waals surface area (Å²) in [5.74, 6) is 0.457. The molecule has 148 valence electrons. The summed E-state index contributed by atoms with van der Waals surface area (Å²) in [6, 6.07) is 12.4. The highest BCUT2D eigenvalue weighted by Crippen LogP contribution is 2.24. The van der Waals surface area contributed by atoms with E-state index in [1.165, 1.54) is 17.7 Å². The number of nitrogens with one attached hydrogen (secondary N) is 2. The molecule has 2 aromatic carbocycles. The maximum atomic E-state index is 13.0. The van der Waals surface area contributed by atoms with Crippen LogP contribution in [0.1, 0.15) is 36.5 Å². The lowest BCUT2D eigenvalue weighted by atomic mass is 9.90. The van der Waals surface area contributed by atoms with Crippen LogP contribution in [0.5, 0.6) is 0 Å². The number of hydrogen-bond acceptors (Lipinski definition) is 3. The van der Waals surface area contributed by atoms with Crippen molar-refractivity contribution in [2.45, 2.75) is 31.8 Å². The van der Waals surface area contributed by atoms with Crippen molar-refractivity contribution in [2.24, 2.45) is 5.92 Å². The van der Waals surface area contributed by atoms with Gasteiger partial charge in [-0.3, -0.25) is 0 Å². The molecular formula is C22H26FN3O2. The van der Waals surface area contributed by atoms with Gasteiger partial charge in [0.15, 0.2) is 0 Å². The van der Waals surface area contributed by atoms with Crippen LogP contribution in [0.4, 0.5) is 4.39 Å². The monoisotopic (exact) mass is 383 g/mol. The van der Waals surface area contributed by atoms with E-state index in [1.54, 1.807) is 0 Å². The van der Waals surface area contributed by atoms with Gasteiger partial charge in [-0.25, -0.2) is 9.18 Å². The van der Waals surface area contributed by atoms with Gasteiger partial charge in [-0.15, -0.1) is 0 Å². The SMILES string of the molecule is O=c1[nH]c2ccc(C(O)CCN3CCC(Cc4ccc(F)cc4)CC3)cc2[nH]1. The summed E-state index contributed by atoms with van der Waals surface area (Å²) in [7, 11) is 0. The van der Waals surface area contributed by atoms with Gasteiger partial charge in [0.2, 0.25) is 0 Å². The quantitative estimate of drug-likeness (QED) is 0.611. The van der Waals surface area contributed by atoms with Gasteiger partial charge in [0, 0.05) is 6.54 Å². The number of rotatable bonds is 6. The lowest BCUT2D eigenvalue weighted by Gasteiger charge is -2.32. The van der Waals surface area contributed by atoms with Gasteiger partial charge in [-0.05, 0) is 80.1 Å². The molecule has 6 heteroatoms. The van der Waals surface area contributed by atoms with Crippen molar-refractivity contribution >= 4 is 11.0 Å². The number of H-pyrrole nitrogens is 2. The second kappa shape index (κ2) is 8.29. The minimum absolute atomic E-state index is 0.181. The number of hydrogen-bond donors (Lipinski definition) is 3. The predicted octanol–water partition coefficient (Wildman–Crippen LogP) is 3.37. The number of aliphatic hydroxyl groups excluding tert-OH is 1. The number of imidazole rings is 1. The molecule has 0 bridgehead atoms. The molecule has 2 heterocycles. The molecule has 1 saturated heterocycles. The highest BCUT2D eigenvalue weighted by Gasteiger charge is 2.20. The van der Waals surface area contributed by atoms with Gasteiger partial charge in [-0.1, -0.05) is 18.2 Å². The summed E-state index contributed by atoms with van der Waals surface area (Å²) in [5.41, 5.74) is 3.28. The van der Waals surface area contributed by atoms with Crippen molar-refractivity contribution in [1.29, 1.82) is 0 Å². The Balaban J connectivity index is 1.25. The lowest BCUT2D eigenvalue weighted by molar-refractivity contribution is 0.123. The summed E-state index contributed by atoms with van der Waals surface area (Å²) in [6.45, 7) is 2.91. The van der Waals surface area contributed by atoms with Crippen LogP contribution in [0.25, 0.3) is 11.0 Å². The van der Waals surface area contributed by atoms with E-state index in [2.05, 4.69) is 14.9 Å². The highest BCUT2D eigenvalue weighted by atomic mass is 19.1. The van der Waals surface area contributed by atoms with Crippen LogP contribution in [0.3, 0.4) is 0 Å². The van der Waals surface area contributed by atoms with Gasteiger partial charge in [0.1, 0.15) is 5.82 Å². The number of aromatic amines is 2. The Morgan fingerprint density at radius 2 is 1.79 bits per heavy atom. The molecule has 0 saturated carbocycles. The second-order valence-electron chi connectivity index (χ2n) is 7.80. The average molecular weight is 383 g/mol. The van der Waals surface area contributed by atoms with Crippen LogP contribution in [0.2, 0.25) is 0 Å². The van der Waals surface area contributed by atoms with Gasteiger partial charge in [-0.2, -0.15) is 0 Å². The fourth-order valence-electron chi connectivity index (χ4n) is 4.10. The van der Waals surface area contributed by atoms with Gasteiger partial charge in [0.25, 0.3) is 0 Å². The Morgan fingerprint density at radius 1 is 1.07 bits per heavy atom. The maximum Gasteiger partial charge on any atom is 0.323 e. The molecule has 1 unspecified atom stereocenters. The zero-order valence-corrected chi connectivity index (χ0v) is 15.8. The zero-order chi connectivity index (χ0) is 19.5. The molecule has 1 fully saturated rings. The molecule has 3 aromatic rings. The van der Waals surface area contributed by atoms with Gasteiger partial charge < -0.3 is 20.0 Å². The van der Waals surface area contributed by atoms with Crippen molar-refractivity contribution in [3.05, 3.63) is 69.9 Å². The normalized spacial score (nSPS) is 17.2. The first-order valence-electron chi connectivity index (χ1n) is 9.93. The third kappa shape index (κ3) is 4.51. The van der Waals surface area contributed by atoms with E-state index >= 15 is 0 Å². The fourth-order valence-corrected chi connectivity index (χ4v) is 4.10. The van der Waals surface area contributed by atoms with E-state index in [-0.39, 0.29) is 11.5 Å². The highest BCUT2D eigenvalue weighted by molar-refractivity contribution is 5.75. The number of likely N-dealkylation sites (tertiary alicyclic amines) is 1. The third-order valence-electron chi connectivity index (χ3n) is 5.79. The van der Waals surface area contributed by atoms with Crippen molar-refractivity contribution in [3.63, 3.8) is 0 Å². The standard InChI is InChI=1S/C22H26FN3O2/c23-18-4-1-15(2-5-18)13-16-7-10-26(11-8-16)12-9-21(27)17-3-6-19-20(14-17)25-22(28)24-19/h1-6,14,16,21,27H,7-13H2,(H2,24,25,28). The van der Waals surface area contributed by atoms with E-state index in [9.17, 15) is 14.3 Å². The maximum absolute atomic E-state index is 13.0. The zero-order valence-electron chi connectivity index (χ0n) is 15.8. The first-order valence-corrected chi connectivity index (χ1v) is 9.93. The van der Waals surface area contributed by atoms with Crippen molar-refractivity contribution in [2.75, 3.05) is 19.6 Å². The lowest BCUT2D eigenvalue weighted by Crippen LogP contribution is -2.35. The van der Waals surface area contributed by atoms with Crippen LogP contribution in [-0.2, 0) is 6.42 Å². The van der Waals surface area contributed by atoms with Crippen LogP contribution >= 0.6 is 0 Å². The van der Waals surface area contributed by atoms with Crippen molar-refractivity contribution < 1.29 is 9.50 Å². The van der Waals surface area contributed by atoms with E-state index in [4.69, 9.17) is 0 Å². The van der Waals surface area contributed by atoms with Gasteiger partial charge >= 0.3 is 5.69 Å².